The average molecular weight is 355 g/mol. The van der Waals surface area contributed by atoms with Gasteiger partial charge in [-0.2, -0.15) is 10.1 Å². The van der Waals surface area contributed by atoms with E-state index in [1.807, 2.05) is 24.3 Å². The molecule has 1 N–H and O–H groups in total. The number of rotatable bonds is 5. The van der Waals surface area contributed by atoms with E-state index >= 15 is 0 Å². The number of benzene rings is 1. The van der Waals surface area contributed by atoms with Crippen molar-refractivity contribution in [2.24, 2.45) is 7.05 Å². The Balaban J connectivity index is 1.33. The molecule has 26 heavy (non-hydrogen) atoms. The summed E-state index contributed by atoms with van der Waals surface area (Å²) < 4.78 is 12.8. The number of nitrogens with one attached hydrogen (secondary N) is 1. The predicted molar refractivity (Wildman–Crippen MR) is 98.5 cm³/mol. The van der Waals surface area contributed by atoms with Gasteiger partial charge in [0.2, 0.25) is 0 Å². The van der Waals surface area contributed by atoms with Crippen LogP contribution in [-0.2, 0) is 11.8 Å². The number of ether oxygens (including phenoxy) is 1. The molecule has 3 aromatic rings. The van der Waals surface area contributed by atoms with Crippen LogP contribution in [0.15, 0.2) is 45.7 Å². The second-order valence-electron chi connectivity index (χ2n) is 6.32. The van der Waals surface area contributed by atoms with Gasteiger partial charge >= 0.3 is 0 Å². The van der Waals surface area contributed by atoms with Crippen molar-refractivity contribution < 1.29 is 9.15 Å². The lowest BCUT2D eigenvalue weighted by molar-refractivity contribution is 0.0374. The molecule has 0 spiro atoms. The number of aryl methyl sites for hydroxylation is 1. The second kappa shape index (κ2) is 7.17. The largest absolute Gasteiger partial charge is 0.424 e. The van der Waals surface area contributed by atoms with E-state index in [0.29, 0.717) is 19.2 Å². The van der Waals surface area contributed by atoms with Crippen LogP contribution in [0.2, 0.25) is 0 Å². The van der Waals surface area contributed by atoms with Gasteiger partial charge in [0.15, 0.2) is 5.58 Å². The Morgan fingerprint density at radius 2 is 2.23 bits per heavy atom. The van der Waals surface area contributed by atoms with E-state index < -0.39 is 0 Å². The molecule has 2 aromatic heterocycles. The zero-order valence-electron chi connectivity index (χ0n) is 14.6. The monoisotopic (exact) mass is 355 g/mol. The number of aromatic nitrogens is 3. The van der Waals surface area contributed by atoms with Crippen LogP contribution in [0, 0.1) is 0 Å². The number of morpholine rings is 1. The van der Waals surface area contributed by atoms with Crippen LogP contribution in [0.3, 0.4) is 0 Å². The summed E-state index contributed by atoms with van der Waals surface area (Å²) in [5, 5.41) is 7.30. The second-order valence-corrected chi connectivity index (χ2v) is 6.32. The number of fused-ring (bicyclic) bond motifs is 1. The Morgan fingerprint density at radius 3 is 3.08 bits per heavy atom. The number of hydrogen-bond donors (Lipinski definition) is 1. The van der Waals surface area contributed by atoms with Crippen LogP contribution in [0.4, 0.5) is 11.7 Å². The molecule has 4 rings (SSSR count). The standard InChI is InChI=1S/C18H21N5O3/c1-22-17(24)10-13(11-20-22)23-8-9-25-14(12-23)6-7-19-18-21-15-4-2-3-5-16(15)26-18/h2-5,10-11,14H,6-9,12H2,1H3,(H,19,21)/t14-/m0/s1. The van der Waals surface area contributed by atoms with E-state index in [0.717, 1.165) is 36.3 Å². The molecule has 0 bridgehead atoms. The van der Waals surface area contributed by atoms with Crippen molar-refractivity contribution in [3.05, 3.63) is 46.9 Å². The molecule has 8 heteroatoms. The first-order valence-electron chi connectivity index (χ1n) is 8.68. The maximum absolute atomic E-state index is 11.8. The van der Waals surface area contributed by atoms with Crippen LogP contribution in [-0.4, -0.2) is 47.1 Å². The first-order chi connectivity index (χ1) is 12.7. The van der Waals surface area contributed by atoms with Gasteiger partial charge in [-0.25, -0.2) is 4.68 Å². The molecule has 0 unspecified atom stereocenters. The quantitative estimate of drug-likeness (QED) is 0.744. The normalized spacial score (nSPS) is 17.6. The zero-order valence-corrected chi connectivity index (χ0v) is 14.6. The van der Waals surface area contributed by atoms with Gasteiger partial charge in [-0.05, 0) is 18.6 Å². The fourth-order valence-corrected chi connectivity index (χ4v) is 3.05. The van der Waals surface area contributed by atoms with Crippen molar-refractivity contribution in [1.82, 2.24) is 14.8 Å². The summed E-state index contributed by atoms with van der Waals surface area (Å²) >= 11 is 0. The summed E-state index contributed by atoms with van der Waals surface area (Å²) in [5.41, 5.74) is 2.35. The van der Waals surface area contributed by atoms with Gasteiger partial charge in [-0.15, -0.1) is 0 Å². The highest BCUT2D eigenvalue weighted by Crippen LogP contribution is 2.19. The van der Waals surface area contributed by atoms with Crippen LogP contribution in [0.5, 0.6) is 0 Å². The summed E-state index contributed by atoms with van der Waals surface area (Å²) in [4.78, 5) is 18.3. The summed E-state index contributed by atoms with van der Waals surface area (Å²) in [6.07, 6.45) is 2.61. The third-order valence-electron chi connectivity index (χ3n) is 4.49. The molecule has 1 saturated heterocycles. The maximum atomic E-state index is 11.8. The molecule has 1 aromatic carbocycles. The molecule has 0 saturated carbocycles. The lowest BCUT2D eigenvalue weighted by Gasteiger charge is -2.34. The number of anilines is 2. The molecule has 0 radical (unpaired) electrons. The van der Waals surface area contributed by atoms with Crippen LogP contribution < -0.4 is 15.8 Å². The van der Waals surface area contributed by atoms with E-state index in [-0.39, 0.29) is 11.7 Å². The van der Waals surface area contributed by atoms with Crippen molar-refractivity contribution in [3.63, 3.8) is 0 Å². The Bertz CT molecular complexity index is 918. The molecule has 0 amide bonds. The van der Waals surface area contributed by atoms with Gasteiger partial charge < -0.3 is 19.4 Å². The Morgan fingerprint density at radius 1 is 1.35 bits per heavy atom. The number of para-hydroxylation sites is 2. The summed E-state index contributed by atoms with van der Waals surface area (Å²) in [6.45, 7) is 2.80. The molecule has 0 aliphatic carbocycles. The maximum Gasteiger partial charge on any atom is 0.295 e. The van der Waals surface area contributed by atoms with Crippen LogP contribution in [0.1, 0.15) is 6.42 Å². The van der Waals surface area contributed by atoms with Crippen molar-refractivity contribution >= 4 is 22.8 Å². The molecule has 1 fully saturated rings. The first kappa shape index (κ1) is 16.6. The van der Waals surface area contributed by atoms with Gasteiger partial charge in [0.1, 0.15) is 5.52 Å². The Hall–Kier alpha value is -2.87. The molecule has 136 valence electrons. The van der Waals surface area contributed by atoms with Gasteiger partial charge in [0.25, 0.3) is 11.6 Å². The minimum absolute atomic E-state index is 0.0738. The lowest BCUT2D eigenvalue weighted by Crippen LogP contribution is -2.43. The van der Waals surface area contributed by atoms with Crippen molar-refractivity contribution in [1.29, 1.82) is 0 Å². The van der Waals surface area contributed by atoms with Gasteiger partial charge in [0, 0.05) is 32.7 Å². The predicted octanol–water partition coefficient (Wildman–Crippen LogP) is 1.63. The van der Waals surface area contributed by atoms with Gasteiger partial charge in [-0.3, -0.25) is 4.79 Å². The molecular formula is C18H21N5O3. The van der Waals surface area contributed by atoms with E-state index in [9.17, 15) is 4.79 Å². The van der Waals surface area contributed by atoms with Gasteiger partial charge in [-0.1, -0.05) is 12.1 Å². The minimum Gasteiger partial charge on any atom is -0.424 e. The highest BCUT2D eigenvalue weighted by molar-refractivity contribution is 5.74. The average Bonchev–Trinajstić information content (AvgIpc) is 3.07. The Kier molecular flexibility index (Phi) is 4.57. The van der Waals surface area contributed by atoms with Crippen molar-refractivity contribution in [2.75, 3.05) is 36.5 Å². The third kappa shape index (κ3) is 3.55. The fourth-order valence-electron chi connectivity index (χ4n) is 3.05. The topological polar surface area (TPSA) is 85.4 Å². The van der Waals surface area contributed by atoms with E-state index in [2.05, 4.69) is 20.3 Å². The summed E-state index contributed by atoms with van der Waals surface area (Å²) in [5.74, 6) is 0. The number of nitrogens with zero attached hydrogens (tertiary/aromatic N) is 4. The number of hydrogen-bond acceptors (Lipinski definition) is 7. The third-order valence-corrected chi connectivity index (χ3v) is 4.49. The highest BCUT2D eigenvalue weighted by atomic mass is 16.5. The summed E-state index contributed by atoms with van der Waals surface area (Å²) in [7, 11) is 1.64. The molecule has 1 aliphatic heterocycles. The summed E-state index contributed by atoms with van der Waals surface area (Å²) in [6, 6.07) is 9.82. The first-order valence-corrected chi connectivity index (χ1v) is 8.68. The number of oxazole rings is 1. The van der Waals surface area contributed by atoms with E-state index in [4.69, 9.17) is 9.15 Å². The minimum atomic E-state index is -0.108. The fraction of sp³-hybridized carbons (Fsp3) is 0.389. The van der Waals surface area contributed by atoms with Crippen LogP contribution >= 0.6 is 0 Å². The van der Waals surface area contributed by atoms with Crippen molar-refractivity contribution in [2.45, 2.75) is 12.5 Å². The van der Waals surface area contributed by atoms with Gasteiger partial charge in [0.05, 0.1) is 24.6 Å². The highest BCUT2D eigenvalue weighted by Gasteiger charge is 2.21. The molecule has 1 atom stereocenters. The van der Waals surface area contributed by atoms with E-state index in [1.54, 1.807) is 19.3 Å². The zero-order chi connectivity index (χ0) is 17.9. The SMILES string of the molecule is Cn1ncc(N2CCO[C@@H](CCNc3nc4ccccc4o3)C2)cc1=O. The molecule has 3 heterocycles. The van der Waals surface area contributed by atoms with Crippen LogP contribution in [0.25, 0.3) is 11.1 Å². The lowest BCUT2D eigenvalue weighted by atomic mass is 10.2. The van der Waals surface area contributed by atoms with E-state index in [1.165, 1.54) is 4.68 Å². The molecule has 1 aliphatic rings. The van der Waals surface area contributed by atoms with Crippen molar-refractivity contribution in [3.8, 4) is 0 Å². The molecule has 8 nitrogen and oxygen atoms in total. The molecular weight excluding hydrogens is 334 g/mol. The Labute approximate surface area is 150 Å². The smallest absolute Gasteiger partial charge is 0.295 e.